The summed E-state index contributed by atoms with van der Waals surface area (Å²) >= 11 is 0. The second-order valence-corrected chi connectivity index (χ2v) is 6.48. The number of carbonyl (C=O) groups excluding carboxylic acids is 2. The van der Waals surface area contributed by atoms with Crippen LogP contribution in [0.25, 0.3) is 0 Å². The minimum Gasteiger partial charge on any atom is -0.497 e. The van der Waals surface area contributed by atoms with Gasteiger partial charge in [0, 0.05) is 29.2 Å². The van der Waals surface area contributed by atoms with Crippen molar-refractivity contribution in [2.24, 2.45) is 0 Å². The molecule has 0 bridgehead atoms. The Labute approximate surface area is 167 Å². The Balaban J connectivity index is 1.60. The van der Waals surface area contributed by atoms with Crippen LogP contribution in [0.3, 0.4) is 0 Å². The Hall–Kier alpha value is -3.87. The van der Waals surface area contributed by atoms with E-state index in [1.165, 1.54) is 10.6 Å². The fourth-order valence-corrected chi connectivity index (χ4v) is 2.71. The van der Waals surface area contributed by atoms with Crippen LogP contribution in [0.4, 0.5) is 11.4 Å². The average Bonchev–Trinajstić information content (AvgIpc) is 2.72. The normalized spacial score (nSPS) is 10.3. The molecule has 0 saturated carbocycles. The summed E-state index contributed by atoms with van der Waals surface area (Å²) in [5.74, 6) is 0.114. The number of benzene rings is 2. The number of aryl methyl sites for hydroxylation is 1. The van der Waals surface area contributed by atoms with Crippen LogP contribution < -0.4 is 20.9 Å². The van der Waals surface area contributed by atoms with E-state index in [0.29, 0.717) is 22.7 Å². The molecular weight excluding hydrogens is 370 g/mol. The molecule has 0 aliphatic heterocycles. The van der Waals surface area contributed by atoms with Crippen molar-refractivity contribution >= 4 is 23.2 Å². The zero-order chi connectivity index (χ0) is 20.8. The lowest BCUT2D eigenvalue weighted by atomic mass is 10.2. The molecule has 2 aromatic carbocycles. The molecule has 0 fully saturated rings. The third kappa shape index (κ3) is 5.32. The number of aromatic nitrogens is 1. The van der Waals surface area contributed by atoms with Crippen LogP contribution in [-0.2, 0) is 11.3 Å². The number of hydrogen-bond donors (Lipinski definition) is 2. The van der Waals surface area contributed by atoms with E-state index in [0.717, 1.165) is 5.56 Å². The third-order valence-electron chi connectivity index (χ3n) is 4.22. The fraction of sp³-hybridized carbons (Fsp3) is 0.136. The zero-order valence-electron chi connectivity index (χ0n) is 16.1. The van der Waals surface area contributed by atoms with Gasteiger partial charge >= 0.3 is 0 Å². The highest BCUT2D eigenvalue weighted by atomic mass is 16.5. The van der Waals surface area contributed by atoms with Crippen molar-refractivity contribution in [1.82, 2.24) is 4.57 Å². The SMILES string of the molecule is COc1ccc(NC(=O)c2ccc(NC(=O)Cn3cc(C)ccc3=O)cc2)cc1. The molecule has 0 spiro atoms. The van der Waals surface area contributed by atoms with Gasteiger partial charge in [0.2, 0.25) is 5.91 Å². The smallest absolute Gasteiger partial charge is 0.255 e. The number of ether oxygens (including phenoxy) is 1. The number of rotatable bonds is 6. The molecule has 0 saturated heterocycles. The number of anilines is 2. The van der Waals surface area contributed by atoms with Crippen LogP contribution in [0.1, 0.15) is 15.9 Å². The predicted octanol–water partition coefficient (Wildman–Crippen LogP) is 3.06. The molecule has 1 heterocycles. The Morgan fingerprint density at radius 3 is 2.17 bits per heavy atom. The summed E-state index contributed by atoms with van der Waals surface area (Å²) in [6.07, 6.45) is 1.63. The van der Waals surface area contributed by atoms with Gasteiger partial charge in [-0.2, -0.15) is 0 Å². The van der Waals surface area contributed by atoms with Crippen LogP contribution in [0.15, 0.2) is 71.7 Å². The summed E-state index contributed by atoms with van der Waals surface area (Å²) in [6, 6.07) is 16.7. The van der Waals surface area contributed by atoms with Crippen molar-refractivity contribution in [1.29, 1.82) is 0 Å². The van der Waals surface area contributed by atoms with E-state index in [-0.39, 0.29) is 23.9 Å². The second-order valence-electron chi connectivity index (χ2n) is 6.48. The van der Waals surface area contributed by atoms with Gasteiger partial charge < -0.3 is 19.9 Å². The quantitative estimate of drug-likeness (QED) is 0.676. The molecule has 3 aromatic rings. The van der Waals surface area contributed by atoms with Gasteiger partial charge in [0.15, 0.2) is 0 Å². The fourth-order valence-electron chi connectivity index (χ4n) is 2.71. The maximum atomic E-state index is 12.3. The molecule has 3 rings (SSSR count). The van der Waals surface area contributed by atoms with Crippen LogP contribution in [-0.4, -0.2) is 23.5 Å². The molecule has 0 radical (unpaired) electrons. The molecule has 7 nitrogen and oxygen atoms in total. The Bertz CT molecular complexity index is 1070. The lowest BCUT2D eigenvalue weighted by Crippen LogP contribution is -2.26. The molecule has 2 N–H and O–H groups in total. The zero-order valence-corrected chi connectivity index (χ0v) is 16.1. The Kier molecular flexibility index (Phi) is 6.09. The van der Waals surface area contributed by atoms with E-state index >= 15 is 0 Å². The highest BCUT2D eigenvalue weighted by Gasteiger charge is 2.09. The molecule has 0 aliphatic rings. The predicted molar refractivity (Wildman–Crippen MR) is 111 cm³/mol. The van der Waals surface area contributed by atoms with Crippen molar-refractivity contribution in [3.8, 4) is 5.75 Å². The van der Waals surface area contributed by atoms with Gasteiger partial charge in [0.25, 0.3) is 11.5 Å². The summed E-state index contributed by atoms with van der Waals surface area (Å²) in [4.78, 5) is 36.3. The van der Waals surface area contributed by atoms with E-state index in [4.69, 9.17) is 4.74 Å². The maximum Gasteiger partial charge on any atom is 0.255 e. The third-order valence-corrected chi connectivity index (χ3v) is 4.22. The largest absolute Gasteiger partial charge is 0.497 e. The number of hydrogen-bond acceptors (Lipinski definition) is 4. The highest BCUT2D eigenvalue weighted by Crippen LogP contribution is 2.17. The van der Waals surface area contributed by atoms with Gasteiger partial charge in [0.05, 0.1) is 7.11 Å². The number of nitrogens with one attached hydrogen (secondary N) is 2. The molecule has 1 aromatic heterocycles. The number of pyridine rings is 1. The molecule has 148 valence electrons. The van der Waals surface area contributed by atoms with Gasteiger partial charge in [0.1, 0.15) is 12.3 Å². The van der Waals surface area contributed by atoms with Gasteiger partial charge in [-0.25, -0.2) is 0 Å². The summed E-state index contributed by atoms with van der Waals surface area (Å²) in [7, 11) is 1.58. The van der Waals surface area contributed by atoms with Gasteiger partial charge in [-0.05, 0) is 61.0 Å². The number of methoxy groups -OCH3 is 1. The molecule has 0 aliphatic carbocycles. The molecule has 0 unspecified atom stereocenters. The van der Waals surface area contributed by atoms with E-state index < -0.39 is 0 Å². The molecule has 2 amide bonds. The highest BCUT2D eigenvalue weighted by molar-refractivity contribution is 6.04. The summed E-state index contributed by atoms with van der Waals surface area (Å²) < 4.78 is 6.44. The van der Waals surface area contributed by atoms with Crippen molar-refractivity contribution < 1.29 is 14.3 Å². The number of carbonyl (C=O) groups is 2. The summed E-state index contributed by atoms with van der Waals surface area (Å²) in [5.41, 5.74) is 2.29. The molecule has 0 atom stereocenters. The van der Waals surface area contributed by atoms with E-state index in [9.17, 15) is 14.4 Å². The van der Waals surface area contributed by atoms with Gasteiger partial charge in [-0.1, -0.05) is 6.07 Å². The first-order chi connectivity index (χ1) is 13.9. The van der Waals surface area contributed by atoms with E-state index in [2.05, 4.69) is 10.6 Å². The average molecular weight is 391 g/mol. The monoisotopic (exact) mass is 391 g/mol. The molecule has 7 heteroatoms. The lowest BCUT2D eigenvalue weighted by Gasteiger charge is -2.09. The standard InChI is InChI=1S/C22H21N3O4/c1-15-3-12-21(27)25(13-15)14-20(26)23-17-6-4-16(5-7-17)22(28)24-18-8-10-19(29-2)11-9-18/h3-13H,14H2,1-2H3,(H,23,26)(H,24,28). The van der Waals surface area contributed by atoms with Crippen molar-refractivity contribution in [3.63, 3.8) is 0 Å². The van der Waals surface area contributed by atoms with Crippen LogP contribution >= 0.6 is 0 Å². The topological polar surface area (TPSA) is 89.4 Å². The van der Waals surface area contributed by atoms with E-state index in [1.807, 2.05) is 6.92 Å². The Morgan fingerprint density at radius 2 is 1.52 bits per heavy atom. The van der Waals surface area contributed by atoms with Crippen LogP contribution in [0, 0.1) is 6.92 Å². The van der Waals surface area contributed by atoms with Crippen molar-refractivity contribution in [2.45, 2.75) is 13.5 Å². The van der Waals surface area contributed by atoms with E-state index in [1.54, 1.807) is 67.9 Å². The minimum atomic E-state index is -0.326. The number of nitrogens with zero attached hydrogens (tertiary/aromatic N) is 1. The first kappa shape index (κ1) is 19.9. The molecule has 29 heavy (non-hydrogen) atoms. The van der Waals surface area contributed by atoms with Crippen LogP contribution in [0.2, 0.25) is 0 Å². The summed E-state index contributed by atoms with van der Waals surface area (Å²) in [5, 5.41) is 5.52. The lowest BCUT2D eigenvalue weighted by molar-refractivity contribution is -0.116. The van der Waals surface area contributed by atoms with Gasteiger partial charge in [-0.3, -0.25) is 14.4 Å². The van der Waals surface area contributed by atoms with Crippen molar-refractivity contribution in [2.75, 3.05) is 17.7 Å². The first-order valence-corrected chi connectivity index (χ1v) is 8.97. The minimum absolute atomic E-state index is 0.0831. The van der Waals surface area contributed by atoms with Crippen LogP contribution in [0.5, 0.6) is 5.75 Å². The van der Waals surface area contributed by atoms with Crippen molar-refractivity contribution in [3.05, 3.63) is 88.3 Å². The number of amides is 2. The first-order valence-electron chi connectivity index (χ1n) is 8.97. The second kappa shape index (κ2) is 8.88. The van der Waals surface area contributed by atoms with Gasteiger partial charge in [-0.15, -0.1) is 0 Å². The Morgan fingerprint density at radius 1 is 0.897 bits per heavy atom. The maximum absolute atomic E-state index is 12.3. The summed E-state index contributed by atoms with van der Waals surface area (Å²) in [6.45, 7) is 1.77. The molecular formula is C22H21N3O4.